The van der Waals surface area contributed by atoms with Gasteiger partial charge in [0.05, 0.1) is 0 Å². The summed E-state index contributed by atoms with van der Waals surface area (Å²) in [6, 6.07) is 5.18. The molecule has 1 saturated carbocycles. The minimum absolute atomic E-state index is 0.768. The number of hydrogen-bond donors (Lipinski definition) is 1. The number of thioether (sulfide) groups is 1. The van der Waals surface area contributed by atoms with Gasteiger partial charge in [-0.25, -0.2) is 4.98 Å². The first kappa shape index (κ1) is 13.3. The van der Waals surface area contributed by atoms with Crippen LogP contribution in [0.2, 0.25) is 0 Å². The van der Waals surface area contributed by atoms with E-state index in [1.165, 1.54) is 30.6 Å². The van der Waals surface area contributed by atoms with E-state index in [9.17, 15) is 0 Å². The van der Waals surface area contributed by atoms with Gasteiger partial charge in [-0.3, -0.25) is 0 Å². The van der Waals surface area contributed by atoms with Crippen LogP contribution in [0.25, 0.3) is 0 Å². The molecule has 0 spiro atoms. The van der Waals surface area contributed by atoms with Crippen molar-refractivity contribution < 1.29 is 0 Å². The van der Waals surface area contributed by atoms with Gasteiger partial charge in [0.25, 0.3) is 0 Å². The van der Waals surface area contributed by atoms with E-state index in [-0.39, 0.29) is 0 Å². The van der Waals surface area contributed by atoms with Gasteiger partial charge in [0.2, 0.25) is 0 Å². The van der Waals surface area contributed by atoms with Crippen LogP contribution >= 0.6 is 11.8 Å². The molecule has 1 aliphatic heterocycles. The van der Waals surface area contributed by atoms with E-state index in [4.69, 9.17) is 0 Å². The summed E-state index contributed by atoms with van der Waals surface area (Å²) in [4.78, 5) is 7.08. The summed E-state index contributed by atoms with van der Waals surface area (Å²) in [5.74, 6) is 2.37. The van der Waals surface area contributed by atoms with Crippen molar-refractivity contribution >= 4 is 17.6 Å². The Bertz CT molecular complexity index is 402. The number of aromatic nitrogens is 1. The first-order valence-electron chi connectivity index (χ1n) is 7.40. The average Bonchev–Trinajstić information content (AvgIpc) is 3.30. The second kappa shape index (κ2) is 6.14. The summed E-state index contributed by atoms with van der Waals surface area (Å²) < 4.78 is 0. The normalized spacial score (nSPS) is 23.6. The Hall–Kier alpha value is -0.740. The molecule has 1 aromatic rings. The summed E-state index contributed by atoms with van der Waals surface area (Å²) in [6.45, 7) is 5.52. The molecule has 19 heavy (non-hydrogen) atoms. The van der Waals surface area contributed by atoms with Crippen LogP contribution in [0.1, 0.15) is 31.7 Å². The van der Waals surface area contributed by atoms with Gasteiger partial charge >= 0.3 is 0 Å². The van der Waals surface area contributed by atoms with Crippen LogP contribution in [0, 0.1) is 0 Å². The van der Waals surface area contributed by atoms with E-state index in [1.54, 1.807) is 0 Å². The third-order valence-corrected chi connectivity index (χ3v) is 5.27. The predicted octanol–water partition coefficient (Wildman–Crippen LogP) is 2.67. The number of nitrogens with zero attached hydrogens (tertiary/aromatic N) is 2. The SMILES string of the molecule is CCC1CN(c2ccc(CNC3CC3)cn2)CCS1. The van der Waals surface area contributed by atoms with E-state index in [1.807, 2.05) is 6.20 Å². The second-order valence-electron chi connectivity index (χ2n) is 5.53. The van der Waals surface area contributed by atoms with Gasteiger partial charge in [-0.1, -0.05) is 13.0 Å². The largest absolute Gasteiger partial charge is 0.355 e. The third kappa shape index (κ3) is 3.63. The molecule has 0 aromatic carbocycles. The van der Waals surface area contributed by atoms with Crippen LogP contribution in [0.15, 0.2) is 18.3 Å². The van der Waals surface area contributed by atoms with Gasteiger partial charge in [0.15, 0.2) is 0 Å². The van der Waals surface area contributed by atoms with Gasteiger partial charge < -0.3 is 10.2 Å². The van der Waals surface area contributed by atoms with Crippen molar-refractivity contribution in [2.24, 2.45) is 0 Å². The van der Waals surface area contributed by atoms with E-state index >= 15 is 0 Å². The number of rotatable bonds is 5. The van der Waals surface area contributed by atoms with Crippen LogP contribution in [-0.2, 0) is 6.54 Å². The van der Waals surface area contributed by atoms with Crippen molar-refractivity contribution in [3.8, 4) is 0 Å². The smallest absolute Gasteiger partial charge is 0.128 e. The molecule has 2 aliphatic rings. The molecule has 4 heteroatoms. The molecule has 0 bridgehead atoms. The Morgan fingerprint density at radius 2 is 2.32 bits per heavy atom. The Morgan fingerprint density at radius 1 is 1.42 bits per heavy atom. The van der Waals surface area contributed by atoms with Crippen LogP contribution in [-0.4, -0.2) is 35.1 Å². The topological polar surface area (TPSA) is 28.2 Å². The van der Waals surface area contributed by atoms with Gasteiger partial charge in [0, 0.05) is 42.9 Å². The van der Waals surface area contributed by atoms with Crippen molar-refractivity contribution in [2.75, 3.05) is 23.7 Å². The van der Waals surface area contributed by atoms with Crippen molar-refractivity contribution in [1.82, 2.24) is 10.3 Å². The van der Waals surface area contributed by atoms with Crippen molar-refractivity contribution in [2.45, 2.75) is 44.0 Å². The molecule has 1 aliphatic carbocycles. The lowest BCUT2D eigenvalue weighted by molar-refractivity contribution is 0.684. The van der Waals surface area contributed by atoms with Crippen LogP contribution < -0.4 is 10.2 Å². The average molecular weight is 277 g/mol. The molecule has 1 unspecified atom stereocenters. The van der Waals surface area contributed by atoms with Crippen molar-refractivity contribution in [3.63, 3.8) is 0 Å². The molecule has 3 rings (SSSR count). The van der Waals surface area contributed by atoms with E-state index in [2.05, 4.69) is 46.0 Å². The Kier molecular flexibility index (Phi) is 4.28. The Labute approximate surface area is 120 Å². The number of pyridine rings is 1. The molecule has 2 heterocycles. The van der Waals surface area contributed by atoms with Gasteiger partial charge in [-0.15, -0.1) is 0 Å². The second-order valence-corrected chi connectivity index (χ2v) is 6.94. The standard InChI is InChI=1S/C15H23N3S/c1-2-14-11-18(7-8-19-14)15-6-3-12(10-17-15)9-16-13-4-5-13/h3,6,10,13-14,16H,2,4-5,7-9,11H2,1H3. The number of anilines is 1. The molecule has 1 saturated heterocycles. The Balaban J connectivity index is 1.57. The first-order chi connectivity index (χ1) is 9.35. The summed E-state index contributed by atoms with van der Waals surface area (Å²) >= 11 is 2.10. The molecule has 1 N–H and O–H groups in total. The highest BCUT2D eigenvalue weighted by Gasteiger charge is 2.21. The molecule has 0 amide bonds. The molecule has 1 aromatic heterocycles. The summed E-state index contributed by atoms with van der Waals surface area (Å²) in [7, 11) is 0. The lowest BCUT2D eigenvalue weighted by Gasteiger charge is -2.32. The fourth-order valence-corrected chi connectivity index (χ4v) is 3.61. The van der Waals surface area contributed by atoms with E-state index in [0.29, 0.717) is 0 Å². The third-order valence-electron chi connectivity index (χ3n) is 3.90. The molecule has 2 fully saturated rings. The van der Waals surface area contributed by atoms with Crippen molar-refractivity contribution in [1.29, 1.82) is 0 Å². The number of nitrogens with one attached hydrogen (secondary N) is 1. The summed E-state index contributed by atoms with van der Waals surface area (Å²) in [6.07, 6.45) is 5.97. The molecule has 1 atom stereocenters. The van der Waals surface area contributed by atoms with Gasteiger partial charge in [-0.05, 0) is 30.9 Å². The lowest BCUT2D eigenvalue weighted by atomic mass is 10.2. The van der Waals surface area contributed by atoms with E-state index < -0.39 is 0 Å². The minimum atomic E-state index is 0.768. The van der Waals surface area contributed by atoms with Crippen LogP contribution in [0.5, 0.6) is 0 Å². The maximum Gasteiger partial charge on any atom is 0.128 e. The maximum absolute atomic E-state index is 4.65. The lowest BCUT2D eigenvalue weighted by Crippen LogP contribution is -2.38. The van der Waals surface area contributed by atoms with E-state index in [0.717, 1.165) is 36.7 Å². The quantitative estimate of drug-likeness (QED) is 0.895. The monoisotopic (exact) mass is 277 g/mol. The molecular weight excluding hydrogens is 254 g/mol. The highest BCUT2D eigenvalue weighted by atomic mass is 32.2. The van der Waals surface area contributed by atoms with Crippen LogP contribution in [0.4, 0.5) is 5.82 Å². The zero-order chi connectivity index (χ0) is 13.1. The molecule has 104 valence electrons. The molecule has 0 radical (unpaired) electrons. The highest BCUT2D eigenvalue weighted by Crippen LogP contribution is 2.24. The summed E-state index contributed by atoms with van der Waals surface area (Å²) in [5.41, 5.74) is 1.30. The van der Waals surface area contributed by atoms with Crippen molar-refractivity contribution in [3.05, 3.63) is 23.9 Å². The van der Waals surface area contributed by atoms with Crippen LogP contribution in [0.3, 0.4) is 0 Å². The maximum atomic E-state index is 4.65. The number of hydrogen-bond acceptors (Lipinski definition) is 4. The molecular formula is C15H23N3S. The highest BCUT2D eigenvalue weighted by molar-refractivity contribution is 8.00. The zero-order valence-electron chi connectivity index (χ0n) is 11.6. The fraction of sp³-hybridized carbons (Fsp3) is 0.667. The van der Waals surface area contributed by atoms with Gasteiger partial charge in [-0.2, -0.15) is 11.8 Å². The first-order valence-corrected chi connectivity index (χ1v) is 8.45. The zero-order valence-corrected chi connectivity index (χ0v) is 12.5. The summed E-state index contributed by atoms with van der Waals surface area (Å²) in [5, 5.41) is 4.30. The van der Waals surface area contributed by atoms with Gasteiger partial charge in [0.1, 0.15) is 5.82 Å². The fourth-order valence-electron chi connectivity index (χ4n) is 2.43. The Morgan fingerprint density at radius 3 is 3.00 bits per heavy atom. The predicted molar refractivity (Wildman–Crippen MR) is 82.8 cm³/mol. The minimum Gasteiger partial charge on any atom is -0.355 e. The molecule has 3 nitrogen and oxygen atoms in total.